The Labute approximate surface area is 153 Å². The van der Waals surface area contributed by atoms with Crippen LogP contribution in [0.3, 0.4) is 0 Å². The van der Waals surface area contributed by atoms with Gasteiger partial charge in [-0.15, -0.1) is 0 Å². The highest BCUT2D eigenvalue weighted by Gasteiger charge is 2.20. The first-order valence-corrected chi connectivity index (χ1v) is 11.2. The molecular formula is C16H18N4O4S2. The van der Waals surface area contributed by atoms with Crippen molar-refractivity contribution in [3.63, 3.8) is 0 Å². The predicted molar refractivity (Wildman–Crippen MR) is 102 cm³/mol. The molecule has 3 rings (SSSR count). The molecule has 0 saturated heterocycles. The molecule has 2 heterocycles. The van der Waals surface area contributed by atoms with Crippen LogP contribution < -0.4 is 11.2 Å². The second-order valence-corrected chi connectivity index (χ2v) is 10.7. The van der Waals surface area contributed by atoms with Crippen molar-refractivity contribution in [3.05, 3.63) is 44.1 Å². The fourth-order valence-electron chi connectivity index (χ4n) is 2.70. The number of aryl methyl sites for hydroxylation is 3. The highest BCUT2D eigenvalue weighted by atomic mass is 33.1. The Balaban J connectivity index is 2.21. The largest absolute Gasteiger partial charge is 0.352 e. The van der Waals surface area contributed by atoms with Gasteiger partial charge in [-0.3, -0.25) is 9.36 Å². The summed E-state index contributed by atoms with van der Waals surface area (Å²) in [6, 6.07) is 3.83. The molecule has 26 heavy (non-hydrogen) atoms. The van der Waals surface area contributed by atoms with Gasteiger partial charge in [-0.05, 0) is 47.9 Å². The second kappa shape index (κ2) is 6.51. The normalized spacial score (nSPS) is 12.2. The fourth-order valence-corrected chi connectivity index (χ4v) is 4.39. The summed E-state index contributed by atoms with van der Waals surface area (Å²) >= 11 is 0. The highest BCUT2D eigenvalue weighted by Crippen LogP contribution is 2.22. The van der Waals surface area contributed by atoms with Crippen LogP contribution in [0, 0.1) is 13.8 Å². The van der Waals surface area contributed by atoms with Crippen molar-refractivity contribution >= 4 is 30.7 Å². The molecule has 0 atom stereocenters. The third kappa shape index (κ3) is 3.38. The zero-order chi connectivity index (χ0) is 19.2. The number of nitrogens with zero attached hydrogens (tertiary/aromatic N) is 4. The molecule has 138 valence electrons. The third-order valence-electron chi connectivity index (χ3n) is 4.21. The van der Waals surface area contributed by atoms with E-state index in [0.29, 0.717) is 16.3 Å². The van der Waals surface area contributed by atoms with Crippen LogP contribution in [0.25, 0.3) is 22.6 Å². The van der Waals surface area contributed by atoms with Crippen molar-refractivity contribution in [1.82, 2.24) is 19.1 Å². The molecule has 0 N–H and O–H groups in total. The molecule has 10 heteroatoms. The molecule has 0 saturated carbocycles. The Morgan fingerprint density at radius 3 is 2.42 bits per heavy atom. The average molecular weight is 394 g/mol. The Bertz CT molecular complexity index is 1210. The van der Waals surface area contributed by atoms with Gasteiger partial charge in [-0.25, -0.2) is 18.2 Å². The summed E-state index contributed by atoms with van der Waals surface area (Å²) in [5.74, 6) is 0.293. The minimum Gasteiger partial charge on any atom is -0.325 e. The van der Waals surface area contributed by atoms with Crippen LogP contribution in [-0.4, -0.2) is 39.5 Å². The first kappa shape index (κ1) is 18.6. The average Bonchev–Trinajstić information content (AvgIpc) is 2.53. The highest BCUT2D eigenvalue weighted by molar-refractivity contribution is 8.71. The van der Waals surface area contributed by atoms with Gasteiger partial charge < -0.3 is 4.57 Å². The van der Waals surface area contributed by atoms with Crippen LogP contribution >= 0.6 is 10.8 Å². The summed E-state index contributed by atoms with van der Waals surface area (Å²) in [5.41, 5.74) is 2.34. The lowest BCUT2D eigenvalue weighted by Crippen LogP contribution is -2.39. The van der Waals surface area contributed by atoms with Gasteiger partial charge in [0.05, 0.1) is 11.0 Å². The van der Waals surface area contributed by atoms with E-state index in [9.17, 15) is 18.0 Å². The monoisotopic (exact) mass is 394 g/mol. The molecule has 0 aromatic heterocycles. The molecule has 0 aliphatic carbocycles. The van der Waals surface area contributed by atoms with E-state index in [2.05, 4.69) is 9.97 Å². The van der Waals surface area contributed by atoms with Crippen molar-refractivity contribution in [2.45, 2.75) is 20.4 Å². The van der Waals surface area contributed by atoms with E-state index in [1.165, 1.54) is 0 Å². The molecule has 2 aliphatic heterocycles. The zero-order valence-electron chi connectivity index (χ0n) is 14.8. The summed E-state index contributed by atoms with van der Waals surface area (Å²) in [6.07, 6.45) is 1.08. The van der Waals surface area contributed by atoms with E-state index in [0.717, 1.165) is 27.5 Å². The predicted octanol–water partition coefficient (Wildman–Crippen LogP) is 0.905. The molecule has 2 aliphatic rings. The minimum atomic E-state index is -3.25. The smallest absolute Gasteiger partial charge is 0.325 e. The van der Waals surface area contributed by atoms with Crippen LogP contribution in [0.2, 0.25) is 0 Å². The number of aromatic nitrogens is 4. The molecule has 0 bridgehead atoms. The number of benzene rings is 1. The molecule has 0 unspecified atom stereocenters. The first-order valence-electron chi connectivity index (χ1n) is 7.81. The van der Waals surface area contributed by atoms with Gasteiger partial charge in [-0.2, -0.15) is 4.98 Å². The standard InChI is InChI=1S/C16H18N4O4S2/c1-9-7-11-12(8-10(9)2)19(3)14-13(17-11)15(21)20(16(22)18-14)5-6-25-26(4,23)24/h7-8H,5-6H2,1-4H3. The van der Waals surface area contributed by atoms with E-state index in [1.807, 2.05) is 26.0 Å². The molecule has 0 spiro atoms. The Morgan fingerprint density at radius 2 is 1.77 bits per heavy atom. The topological polar surface area (TPSA) is 104 Å². The fraction of sp³-hybridized carbons (Fsp3) is 0.375. The van der Waals surface area contributed by atoms with E-state index in [-0.39, 0.29) is 23.8 Å². The summed E-state index contributed by atoms with van der Waals surface area (Å²) in [4.78, 5) is 33.4. The Hall–Kier alpha value is -2.20. The van der Waals surface area contributed by atoms with E-state index >= 15 is 0 Å². The SMILES string of the molecule is Cc1cc2nc3c(=O)n(CCSS(C)(=O)=O)c(=O)nc-3n(C)c2cc1C. The minimum absolute atomic E-state index is 0.0469. The van der Waals surface area contributed by atoms with Crippen LogP contribution in [0.5, 0.6) is 0 Å². The molecule has 1 aromatic carbocycles. The third-order valence-corrected chi connectivity index (χ3v) is 6.77. The molecule has 8 nitrogen and oxygen atoms in total. The number of hydrogen-bond acceptors (Lipinski definition) is 7. The van der Waals surface area contributed by atoms with Crippen LogP contribution in [0.15, 0.2) is 21.7 Å². The van der Waals surface area contributed by atoms with Crippen molar-refractivity contribution in [2.75, 3.05) is 12.0 Å². The van der Waals surface area contributed by atoms with E-state index in [4.69, 9.17) is 0 Å². The lowest BCUT2D eigenvalue weighted by atomic mass is 10.1. The van der Waals surface area contributed by atoms with Crippen molar-refractivity contribution < 1.29 is 8.42 Å². The van der Waals surface area contributed by atoms with Crippen LogP contribution in [0.4, 0.5) is 0 Å². The maximum absolute atomic E-state index is 12.7. The summed E-state index contributed by atoms with van der Waals surface area (Å²) < 4.78 is 25.1. The van der Waals surface area contributed by atoms with Crippen molar-refractivity contribution in [3.8, 4) is 11.5 Å². The second-order valence-electron chi connectivity index (χ2n) is 6.15. The van der Waals surface area contributed by atoms with Gasteiger partial charge in [0.15, 0.2) is 20.4 Å². The first-order chi connectivity index (χ1) is 12.1. The van der Waals surface area contributed by atoms with Gasteiger partial charge in [0.2, 0.25) is 0 Å². The quantitative estimate of drug-likeness (QED) is 0.478. The molecule has 0 fully saturated rings. The Morgan fingerprint density at radius 1 is 1.12 bits per heavy atom. The van der Waals surface area contributed by atoms with Crippen LogP contribution in [-0.2, 0) is 22.5 Å². The van der Waals surface area contributed by atoms with Crippen LogP contribution in [0.1, 0.15) is 11.1 Å². The molecule has 0 radical (unpaired) electrons. The summed E-state index contributed by atoms with van der Waals surface area (Å²) in [7, 11) is -0.834. The van der Waals surface area contributed by atoms with Gasteiger partial charge in [0.1, 0.15) is 0 Å². The molecule has 1 aromatic rings. The lowest BCUT2D eigenvalue weighted by molar-refractivity contribution is 0.615. The van der Waals surface area contributed by atoms with Gasteiger partial charge in [0.25, 0.3) is 5.56 Å². The van der Waals surface area contributed by atoms with Gasteiger partial charge >= 0.3 is 5.69 Å². The van der Waals surface area contributed by atoms with E-state index < -0.39 is 20.1 Å². The molecule has 0 amide bonds. The summed E-state index contributed by atoms with van der Waals surface area (Å²) in [6.45, 7) is 3.89. The number of rotatable bonds is 4. The van der Waals surface area contributed by atoms with Gasteiger partial charge in [0, 0.05) is 25.6 Å². The van der Waals surface area contributed by atoms with Crippen molar-refractivity contribution in [1.29, 1.82) is 0 Å². The number of hydrogen-bond donors (Lipinski definition) is 0. The van der Waals surface area contributed by atoms with E-state index in [1.54, 1.807) is 11.6 Å². The maximum Gasteiger partial charge on any atom is 0.352 e. The zero-order valence-corrected chi connectivity index (χ0v) is 16.4. The summed E-state index contributed by atoms with van der Waals surface area (Å²) in [5, 5.41) is 0. The number of fused-ring (bicyclic) bond motifs is 2. The Kier molecular flexibility index (Phi) is 4.65. The molecular weight excluding hydrogens is 376 g/mol. The lowest BCUT2D eigenvalue weighted by Gasteiger charge is -2.15. The van der Waals surface area contributed by atoms with Gasteiger partial charge in [-0.1, -0.05) is 0 Å². The maximum atomic E-state index is 12.7. The van der Waals surface area contributed by atoms with Crippen molar-refractivity contribution in [2.24, 2.45) is 7.05 Å².